The standard InChI is InChI=1S/C22H27ClN2O4/c1-28-18-11-9-16(10-12-18)21(22(27)24-17-6-3-2-4-7-17)25(20(26)14-23)15-19-8-5-13-29-19/h5,8-13,17,21H,2-4,6-7,14-15H2,1H3,(H,24,27). The third kappa shape index (κ3) is 5.54. The van der Waals surface area contributed by atoms with E-state index in [9.17, 15) is 9.59 Å². The Morgan fingerprint density at radius 3 is 2.52 bits per heavy atom. The molecule has 0 bridgehead atoms. The highest BCUT2D eigenvalue weighted by molar-refractivity contribution is 6.27. The highest BCUT2D eigenvalue weighted by Crippen LogP contribution is 2.27. The van der Waals surface area contributed by atoms with Crippen LogP contribution in [-0.4, -0.2) is 35.7 Å². The molecule has 0 radical (unpaired) electrons. The second-order valence-corrected chi connectivity index (χ2v) is 7.52. The molecule has 0 aliphatic heterocycles. The molecule has 1 unspecified atom stereocenters. The van der Waals surface area contributed by atoms with Crippen molar-refractivity contribution in [2.75, 3.05) is 13.0 Å². The monoisotopic (exact) mass is 418 g/mol. The number of alkyl halides is 1. The van der Waals surface area contributed by atoms with Gasteiger partial charge in [-0.3, -0.25) is 9.59 Å². The van der Waals surface area contributed by atoms with Gasteiger partial charge in [-0.1, -0.05) is 31.4 Å². The fourth-order valence-corrected chi connectivity index (χ4v) is 3.91. The zero-order valence-electron chi connectivity index (χ0n) is 16.6. The highest BCUT2D eigenvalue weighted by Gasteiger charge is 2.33. The molecule has 0 saturated heterocycles. The number of nitrogens with one attached hydrogen (secondary N) is 1. The summed E-state index contributed by atoms with van der Waals surface area (Å²) in [7, 11) is 1.59. The van der Waals surface area contributed by atoms with Gasteiger partial charge in [0.15, 0.2) is 0 Å². The Kier molecular flexibility index (Phi) is 7.58. The molecule has 6 nitrogen and oxygen atoms in total. The van der Waals surface area contributed by atoms with Gasteiger partial charge in [0, 0.05) is 6.04 Å². The van der Waals surface area contributed by atoms with E-state index in [1.165, 1.54) is 11.3 Å². The summed E-state index contributed by atoms with van der Waals surface area (Å²) in [5.74, 6) is 0.521. The maximum atomic E-state index is 13.3. The van der Waals surface area contributed by atoms with Crippen molar-refractivity contribution in [2.45, 2.75) is 50.7 Å². The number of benzene rings is 1. The van der Waals surface area contributed by atoms with Gasteiger partial charge >= 0.3 is 0 Å². The smallest absolute Gasteiger partial charge is 0.247 e. The first-order valence-electron chi connectivity index (χ1n) is 9.94. The Morgan fingerprint density at radius 1 is 1.21 bits per heavy atom. The van der Waals surface area contributed by atoms with E-state index in [0.717, 1.165) is 25.7 Å². The number of furan rings is 1. The van der Waals surface area contributed by atoms with Gasteiger partial charge in [0.1, 0.15) is 23.4 Å². The molecule has 1 N–H and O–H groups in total. The van der Waals surface area contributed by atoms with Crippen molar-refractivity contribution in [3.05, 3.63) is 54.0 Å². The van der Waals surface area contributed by atoms with Crippen molar-refractivity contribution in [3.63, 3.8) is 0 Å². The SMILES string of the molecule is COc1ccc(C(C(=O)NC2CCCCC2)N(Cc2ccco2)C(=O)CCl)cc1. The maximum absolute atomic E-state index is 13.3. The molecule has 1 aliphatic carbocycles. The van der Waals surface area contributed by atoms with E-state index >= 15 is 0 Å². The van der Waals surface area contributed by atoms with E-state index in [4.69, 9.17) is 20.8 Å². The molecule has 3 rings (SSSR count). The fraction of sp³-hybridized carbons (Fsp3) is 0.455. The van der Waals surface area contributed by atoms with Gasteiger partial charge in [0.25, 0.3) is 0 Å². The minimum atomic E-state index is -0.806. The van der Waals surface area contributed by atoms with E-state index in [2.05, 4.69) is 5.32 Å². The first kappa shape index (κ1) is 21.2. The van der Waals surface area contributed by atoms with Crippen LogP contribution in [0, 0.1) is 0 Å². The summed E-state index contributed by atoms with van der Waals surface area (Å²) < 4.78 is 10.7. The Labute approximate surface area is 176 Å². The van der Waals surface area contributed by atoms with Gasteiger partial charge in [0.05, 0.1) is 19.9 Å². The topological polar surface area (TPSA) is 71.8 Å². The van der Waals surface area contributed by atoms with Gasteiger partial charge in [-0.2, -0.15) is 0 Å². The molecule has 2 amide bonds. The molecule has 0 spiro atoms. The van der Waals surface area contributed by atoms with Crippen molar-refractivity contribution in [1.82, 2.24) is 10.2 Å². The minimum absolute atomic E-state index is 0.133. The van der Waals surface area contributed by atoms with Crippen LogP contribution in [-0.2, 0) is 16.1 Å². The predicted molar refractivity (Wildman–Crippen MR) is 111 cm³/mol. The molecule has 156 valence electrons. The molecule has 1 atom stereocenters. The summed E-state index contributed by atoms with van der Waals surface area (Å²) in [4.78, 5) is 27.5. The molecule has 2 aromatic rings. The van der Waals surface area contributed by atoms with Crippen LogP contribution in [0.15, 0.2) is 47.1 Å². The predicted octanol–water partition coefficient (Wildman–Crippen LogP) is 4.05. The van der Waals surface area contributed by atoms with Crippen molar-refractivity contribution >= 4 is 23.4 Å². The van der Waals surface area contributed by atoms with Crippen LogP contribution < -0.4 is 10.1 Å². The van der Waals surface area contributed by atoms with Crippen LogP contribution in [0.3, 0.4) is 0 Å². The minimum Gasteiger partial charge on any atom is -0.497 e. The molecule has 29 heavy (non-hydrogen) atoms. The Bertz CT molecular complexity index is 786. The Morgan fingerprint density at radius 2 is 1.93 bits per heavy atom. The van der Waals surface area contributed by atoms with Gasteiger partial charge in [0.2, 0.25) is 11.8 Å². The van der Waals surface area contributed by atoms with E-state index in [1.54, 1.807) is 49.8 Å². The van der Waals surface area contributed by atoms with E-state index in [0.29, 0.717) is 17.1 Å². The summed E-state index contributed by atoms with van der Waals surface area (Å²) >= 11 is 5.89. The number of ether oxygens (including phenoxy) is 1. The lowest BCUT2D eigenvalue weighted by Crippen LogP contribution is -2.47. The van der Waals surface area contributed by atoms with Gasteiger partial charge in [-0.05, 0) is 42.7 Å². The molecule has 7 heteroatoms. The van der Waals surface area contributed by atoms with Crippen molar-refractivity contribution < 1.29 is 18.7 Å². The molecule has 1 saturated carbocycles. The van der Waals surface area contributed by atoms with Crippen molar-refractivity contribution in [1.29, 1.82) is 0 Å². The van der Waals surface area contributed by atoms with Crippen LogP contribution in [0.1, 0.15) is 49.5 Å². The van der Waals surface area contributed by atoms with Crippen LogP contribution in [0.25, 0.3) is 0 Å². The van der Waals surface area contributed by atoms with Crippen LogP contribution in [0.5, 0.6) is 5.75 Å². The number of methoxy groups -OCH3 is 1. The fourth-order valence-electron chi connectivity index (χ4n) is 3.76. The molecular weight excluding hydrogens is 392 g/mol. The molecule has 1 aromatic heterocycles. The van der Waals surface area contributed by atoms with Gasteiger partial charge in [-0.25, -0.2) is 0 Å². The molecular formula is C22H27ClN2O4. The number of halogens is 1. The lowest BCUT2D eigenvalue weighted by atomic mass is 9.94. The third-order valence-corrected chi connectivity index (χ3v) is 5.51. The summed E-state index contributed by atoms with van der Waals surface area (Å²) in [6.07, 6.45) is 6.88. The van der Waals surface area contributed by atoms with Crippen LogP contribution in [0.2, 0.25) is 0 Å². The van der Waals surface area contributed by atoms with Gasteiger partial charge < -0.3 is 19.4 Å². The lowest BCUT2D eigenvalue weighted by Gasteiger charge is -2.32. The molecule has 1 fully saturated rings. The van der Waals surface area contributed by atoms with E-state index in [1.807, 2.05) is 0 Å². The second-order valence-electron chi connectivity index (χ2n) is 7.25. The number of nitrogens with zero attached hydrogens (tertiary/aromatic N) is 1. The largest absolute Gasteiger partial charge is 0.497 e. The summed E-state index contributed by atoms with van der Waals surface area (Å²) in [5, 5.41) is 3.15. The zero-order valence-corrected chi connectivity index (χ0v) is 17.4. The normalized spacial score (nSPS) is 15.5. The molecule has 1 aliphatic rings. The first-order valence-corrected chi connectivity index (χ1v) is 10.5. The summed E-state index contributed by atoms with van der Waals surface area (Å²) in [6, 6.07) is 10.0. The molecule has 1 heterocycles. The quantitative estimate of drug-likeness (QED) is 0.656. The number of amides is 2. The summed E-state index contributed by atoms with van der Waals surface area (Å²) in [5.41, 5.74) is 0.698. The average Bonchev–Trinajstić information content (AvgIpc) is 3.27. The number of hydrogen-bond donors (Lipinski definition) is 1. The third-order valence-electron chi connectivity index (χ3n) is 5.28. The Balaban J connectivity index is 1.91. The number of carbonyl (C=O) groups is 2. The average molecular weight is 419 g/mol. The van der Waals surface area contributed by atoms with E-state index < -0.39 is 6.04 Å². The number of rotatable bonds is 8. The van der Waals surface area contributed by atoms with Crippen LogP contribution >= 0.6 is 11.6 Å². The molecule has 1 aromatic carbocycles. The first-order chi connectivity index (χ1) is 14.1. The van der Waals surface area contributed by atoms with Crippen LogP contribution in [0.4, 0.5) is 0 Å². The second kappa shape index (κ2) is 10.3. The maximum Gasteiger partial charge on any atom is 0.247 e. The Hall–Kier alpha value is -2.47. The number of hydrogen-bond acceptors (Lipinski definition) is 4. The van der Waals surface area contributed by atoms with Crippen molar-refractivity contribution in [2.24, 2.45) is 0 Å². The lowest BCUT2D eigenvalue weighted by molar-refractivity contribution is -0.140. The van der Waals surface area contributed by atoms with Gasteiger partial charge in [-0.15, -0.1) is 11.6 Å². The number of carbonyl (C=O) groups excluding carboxylic acids is 2. The van der Waals surface area contributed by atoms with E-state index in [-0.39, 0.29) is 30.3 Å². The summed E-state index contributed by atoms with van der Waals surface area (Å²) in [6.45, 7) is 0.160. The zero-order chi connectivity index (χ0) is 20.6. The van der Waals surface area contributed by atoms with Crippen molar-refractivity contribution in [3.8, 4) is 5.75 Å². The highest BCUT2D eigenvalue weighted by atomic mass is 35.5.